The highest BCUT2D eigenvalue weighted by atomic mass is 79.9. The van der Waals surface area contributed by atoms with Crippen LogP contribution in [0.25, 0.3) is 0 Å². The molecule has 1 aliphatic heterocycles. The summed E-state index contributed by atoms with van der Waals surface area (Å²) >= 11 is 3.42. The van der Waals surface area contributed by atoms with E-state index in [2.05, 4.69) is 32.9 Å². The third kappa shape index (κ3) is 2.95. The van der Waals surface area contributed by atoms with E-state index in [-0.39, 0.29) is 0 Å². The minimum Gasteiger partial charge on any atom is -0.477 e. The van der Waals surface area contributed by atoms with E-state index < -0.39 is 0 Å². The number of hydrogen-bond donors (Lipinski definition) is 0. The van der Waals surface area contributed by atoms with E-state index in [9.17, 15) is 0 Å². The summed E-state index contributed by atoms with van der Waals surface area (Å²) in [7, 11) is 2.19. The molecule has 0 aromatic carbocycles. The highest BCUT2D eigenvalue weighted by molar-refractivity contribution is 9.10. The average Bonchev–Trinajstić information content (AvgIpc) is 2.67. The van der Waals surface area contributed by atoms with Crippen LogP contribution >= 0.6 is 15.9 Å². The first kappa shape index (κ1) is 11.9. The molecule has 0 amide bonds. The van der Waals surface area contributed by atoms with Gasteiger partial charge >= 0.3 is 0 Å². The topological polar surface area (TPSA) is 25.4 Å². The second kappa shape index (κ2) is 5.64. The predicted octanol–water partition coefficient (Wildman–Crippen LogP) is 2.71. The Morgan fingerprint density at radius 3 is 3.19 bits per heavy atom. The number of nitrogens with zero attached hydrogens (tertiary/aromatic N) is 2. The summed E-state index contributed by atoms with van der Waals surface area (Å²) in [5.41, 5.74) is 0. The molecule has 1 aromatic rings. The van der Waals surface area contributed by atoms with Crippen LogP contribution in [0.2, 0.25) is 0 Å². The highest BCUT2D eigenvalue weighted by Gasteiger charge is 2.20. The summed E-state index contributed by atoms with van der Waals surface area (Å²) in [6, 6.07) is 4.52. The van der Waals surface area contributed by atoms with Gasteiger partial charge < -0.3 is 9.64 Å². The van der Waals surface area contributed by atoms with Gasteiger partial charge in [0.15, 0.2) is 0 Å². The maximum atomic E-state index is 5.66. The Morgan fingerprint density at radius 1 is 1.62 bits per heavy atom. The number of hydrogen-bond acceptors (Lipinski definition) is 3. The Balaban J connectivity index is 1.78. The van der Waals surface area contributed by atoms with Crippen molar-refractivity contribution in [2.75, 3.05) is 20.2 Å². The molecule has 1 aliphatic rings. The van der Waals surface area contributed by atoms with Crippen molar-refractivity contribution >= 4 is 15.9 Å². The predicted molar refractivity (Wildman–Crippen MR) is 67.7 cm³/mol. The fourth-order valence-corrected chi connectivity index (χ4v) is 2.48. The van der Waals surface area contributed by atoms with E-state index in [4.69, 9.17) is 4.74 Å². The van der Waals surface area contributed by atoms with Gasteiger partial charge in [-0.15, -0.1) is 0 Å². The maximum Gasteiger partial charge on any atom is 0.227 e. The summed E-state index contributed by atoms with van der Waals surface area (Å²) in [5, 5.41) is 0. The molecule has 88 valence electrons. The van der Waals surface area contributed by atoms with E-state index in [1.54, 1.807) is 6.20 Å². The number of aromatic nitrogens is 1. The molecule has 4 heteroatoms. The van der Waals surface area contributed by atoms with Gasteiger partial charge in [-0.3, -0.25) is 0 Å². The van der Waals surface area contributed by atoms with E-state index in [0.717, 1.165) is 17.5 Å². The maximum absolute atomic E-state index is 5.66. The van der Waals surface area contributed by atoms with Crippen LogP contribution in [0.4, 0.5) is 0 Å². The number of pyridine rings is 1. The van der Waals surface area contributed by atoms with E-state index in [1.807, 2.05) is 12.1 Å². The van der Waals surface area contributed by atoms with Crippen LogP contribution in [-0.4, -0.2) is 36.1 Å². The molecule has 0 N–H and O–H groups in total. The Bertz CT molecular complexity index is 346. The molecule has 1 atom stereocenters. The molecule has 0 radical (unpaired) electrons. The lowest BCUT2D eigenvalue weighted by atomic mass is 10.1. The molecule has 2 rings (SSSR count). The number of rotatable bonds is 4. The standard InChI is InChI=1S/C12H17BrN2O/c1-15-8-3-4-10(15)6-9-16-12-11(13)5-2-7-14-12/h2,5,7,10H,3-4,6,8-9H2,1H3. The van der Waals surface area contributed by atoms with Crippen LogP contribution in [0.1, 0.15) is 19.3 Å². The fraction of sp³-hybridized carbons (Fsp3) is 0.583. The van der Waals surface area contributed by atoms with Gasteiger partial charge in [0.2, 0.25) is 5.88 Å². The van der Waals surface area contributed by atoms with Gasteiger partial charge in [-0.25, -0.2) is 4.98 Å². The first-order valence-corrected chi connectivity index (χ1v) is 6.50. The number of likely N-dealkylation sites (tertiary alicyclic amines) is 1. The summed E-state index contributed by atoms with van der Waals surface area (Å²) < 4.78 is 6.59. The monoisotopic (exact) mass is 284 g/mol. The second-order valence-corrected chi connectivity index (χ2v) is 5.06. The molecule has 3 nitrogen and oxygen atoms in total. The molecular weight excluding hydrogens is 268 g/mol. The van der Waals surface area contributed by atoms with Gasteiger partial charge in [0.1, 0.15) is 0 Å². The molecule has 2 heterocycles. The zero-order valence-corrected chi connectivity index (χ0v) is 11.1. The zero-order valence-electron chi connectivity index (χ0n) is 9.53. The third-order valence-corrected chi connectivity index (χ3v) is 3.69. The molecular formula is C12H17BrN2O. The average molecular weight is 285 g/mol. The van der Waals surface area contributed by atoms with Crippen molar-refractivity contribution < 1.29 is 4.74 Å². The first-order chi connectivity index (χ1) is 7.77. The normalized spacial score (nSPS) is 21.2. The molecule has 0 spiro atoms. The summed E-state index contributed by atoms with van der Waals surface area (Å²) in [5.74, 6) is 0.697. The lowest BCUT2D eigenvalue weighted by Gasteiger charge is -2.19. The van der Waals surface area contributed by atoms with Crippen LogP contribution < -0.4 is 4.74 Å². The lowest BCUT2D eigenvalue weighted by molar-refractivity contribution is 0.228. The summed E-state index contributed by atoms with van der Waals surface area (Å²) in [4.78, 5) is 6.59. The third-order valence-electron chi connectivity index (χ3n) is 3.09. The Kier molecular flexibility index (Phi) is 4.18. The van der Waals surface area contributed by atoms with Crippen molar-refractivity contribution in [1.82, 2.24) is 9.88 Å². The van der Waals surface area contributed by atoms with Gasteiger partial charge in [0.25, 0.3) is 0 Å². The van der Waals surface area contributed by atoms with Crippen molar-refractivity contribution in [3.8, 4) is 5.88 Å². The summed E-state index contributed by atoms with van der Waals surface area (Å²) in [6.07, 6.45) is 5.44. The van der Waals surface area contributed by atoms with Gasteiger partial charge in [-0.05, 0) is 60.9 Å². The van der Waals surface area contributed by atoms with Gasteiger partial charge in [0.05, 0.1) is 11.1 Å². The molecule has 1 unspecified atom stereocenters. The minimum atomic E-state index is 0.683. The molecule has 0 aliphatic carbocycles. The minimum absolute atomic E-state index is 0.683. The zero-order chi connectivity index (χ0) is 11.4. The number of halogens is 1. The van der Waals surface area contributed by atoms with Crippen molar-refractivity contribution in [3.63, 3.8) is 0 Å². The summed E-state index contributed by atoms with van der Waals surface area (Å²) in [6.45, 7) is 1.96. The van der Waals surface area contributed by atoms with Crippen LogP contribution in [-0.2, 0) is 0 Å². The Hall–Kier alpha value is -0.610. The molecule has 16 heavy (non-hydrogen) atoms. The van der Waals surface area contributed by atoms with Crippen LogP contribution in [0, 0.1) is 0 Å². The Labute approximate surface area is 105 Å². The molecule has 0 bridgehead atoms. The largest absolute Gasteiger partial charge is 0.477 e. The SMILES string of the molecule is CN1CCCC1CCOc1ncccc1Br. The van der Waals surface area contributed by atoms with E-state index >= 15 is 0 Å². The molecule has 1 fully saturated rings. The quantitative estimate of drug-likeness (QED) is 0.850. The number of ether oxygens (including phenoxy) is 1. The van der Waals surface area contributed by atoms with Gasteiger partial charge in [-0.2, -0.15) is 0 Å². The molecule has 1 saturated heterocycles. The Morgan fingerprint density at radius 2 is 2.50 bits per heavy atom. The van der Waals surface area contributed by atoms with Crippen LogP contribution in [0.15, 0.2) is 22.8 Å². The van der Waals surface area contributed by atoms with E-state index in [1.165, 1.54) is 19.4 Å². The van der Waals surface area contributed by atoms with Crippen molar-refractivity contribution in [3.05, 3.63) is 22.8 Å². The van der Waals surface area contributed by atoms with Gasteiger partial charge in [-0.1, -0.05) is 0 Å². The fourth-order valence-electron chi connectivity index (χ4n) is 2.11. The van der Waals surface area contributed by atoms with Crippen LogP contribution in [0.3, 0.4) is 0 Å². The molecule has 1 aromatic heterocycles. The lowest BCUT2D eigenvalue weighted by Crippen LogP contribution is -2.26. The van der Waals surface area contributed by atoms with Crippen LogP contribution in [0.5, 0.6) is 5.88 Å². The first-order valence-electron chi connectivity index (χ1n) is 5.71. The van der Waals surface area contributed by atoms with Crippen molar-refractivity contribution in [2.24, 2.45) is 0 Å². The second-order valence-electron chi connectivity index (χ2n) is 4.20. The van der Waals surface area contributed by atoms with E-state index in [0.29, 0.717) is 11.9 Å². The van der Waals surface area contributed by atoms with Gasteiger partial charge in [0, 0.05) is 12.2 Å². The molecule has 0 saturated carbocycles. The van der Waals surface area contributed by atoms with Crippen molar-refractivity contribution in [1.29, 1.82) is 0 Å². The highest BCUT2D eigenvalue weighted by Crippen LogP contribution is 2.22. The van der Waals surface area contributed by atoms with Crippen molar-refractivity contribution in [2.45, 2.75) is 25.3 Å². The smallest absolute Gasteiger partial charge is 0.227 e.